The minimum atomic E-state index is -0.487. The average molecular weight is 261 g/mol. The van der Waals surface area contributed by atoms with Gasteiger partial charge in [-0.15, -0.1) is 11.6 Å². The normalized spacial score (nSPS) is 15.7. The molecule has 0 radical (unpaired) electrons. The highest BCUT2D eigenvalue weighted by molar-refractivity contribution is 6.27. The minimum absolute atomic E-state index is 0.487. The molecule has 0 aliphatic carbocycles. The van der Waals surface area contributed by atoms with Gasteiger partial charge in [-0.2, -0.15) is 0 Å². The van der Waals surface area contributed by atoms with Crippen LogP contribution >= 0.6 is 11.6 Å². The zero-order valence-corrected chi connectivity index (χ0v) is 12.4. The molecule has 0 aromatic heterocycles. The summed E-state index contributed by atoms with van der Waals surface area (Å²) in [4.78, 5) is -0.487. The highest BCUT2D eigenvalue weighted by Gasteiger charge is 2.17. The molecule has 1 heteroatoms. The summed E-state index contributed by atoms with van der Waals surface area (Å²) in [5.74, 6) is 0. The number of hydrogen-bond donors (Lipinski definition) is 0. The third-order valence-corrected chi connectivity index (χ3v) is 3.55. The van der Waals surface area contributed by atoms with Crippen LogP contribution in [0.5, 0.6) is 0 Å². The Bertz CT molecular complexity index is 473. The lowest BCUT2D eigenvalue weighted by Gasteiger charge is -2.17. The lowest BCUT2D eigenvalue weighted by molar-refractivity contribution is 0.916. The number of allylic oxidation sites excluding steroid dienone is 5. The number of aryl methyl sites for hydroxylation is 1. The van der Waals surface area contributed by atoms with Crippen molar-refractivity contribution in [2.75, 3.05) is 0 Å². The van der Waals surface area contributed by atoms with Gasteiger partial charge in [0.2, 0.25) is 0 Å². The van der Waals surface area contributed by atoms with Crippen molar-refractivity contribution < 1.29 is 0 Å². The second-order valence-electron chi connectivity index (χ2n) is 4.80. The topological polar surface area (TPSA) is 0 Å². The Kier molecular flexibility index (Phi) is 4.98. The van der Waals surface area contributed by atoms with Gasteiger partial charge in [0, 0.05) is 0 Å². The molecule has 1 aromatic rings. The molecule has 0 fully saturated rings. The molecule has 0 amide bonds. The van der Waals surface area contributed by atoms with Crippen LogP contribution in [0.3, 0.4) is 0 Å². The number of rotatable bonds is 4. The molecule has 0 aliphatic rings. The van der Waals surface area contributed by atoms with Crippen LogP contribution in [0.2, 0.25) is 0 Å². The first-order valence-corrected chi connectivity index (χ1v) is 6.52. The maximum atomic E-state index is 6.37. The molecule has 0 bridgehead atoms. The van der Waals surface area contributed by atoms with Gasteiger partial charge >= 0.3 is 0 Å². The predicted octanol–water partition coefficient (Wildman–Crippen LogP) is 5.53. The fourth-order valence-electron chi connectivity index (χ4n) is 1.49. The van der Waals surface area contributed by atoms with Gasteiger partial charge in [-0.3, -0.25) is 0 Å². The van der Waals surface area contributed by atoms with E-state index in [4.69, 9.17) is 11.6 Å². The van der Waals surface area contributed by atoms with Gasteiger partial charge in [0.1, 0.15) is 0 Å². The first-order chi connectivity index (χ1) is 8.36. The summed E-state index contributed by atoms with van der Waals surface area (Å²) >= 11 is 6.37. The predicted molar refractivity (Wildman–Crippen MR) is 83.0 cm³/mol. The van der Waals surface area contributed by atoms with E-state index < -0.39 is 4.87 Å². The average Bonchev–Trinajstić information content (AvgIpc) is 2.31. The summed E-state index contributed by atoms with van der Waals surface area (Å²) in [6, 6.07) is 8.49. The smallest absolute Gasteiger partial charge is 0.0805 e. The number of hydrogen-bond acceptors (Lipinski definition) is 0. The van der Waals surface area contributed by atoms with E-state index in [0.717, 1.165) is 5.57 Å². The lowest BCUT2D eigenvalue weighted by Crippen LogP contribution is -2.12. The zero-order chi connectivity index (χ0) is 13.8. The first-order valence-electron chi connectivity index (χ1n) is 6.14. The largest absolute Gasteiger partial charge is 0.110 e. The summed E-state index contributed by atoms with van der Waals surface area (Å²) in [5, 5.41) is 0. The number of halogens is 1. The van der Waals surface area contributed by atoms with Crippen molar-refractivity contribution in [3.05, 3.63) is 65.8 Å². The van der Waals surface area contributed by atoms with Crippen LogP contribution in [0.25, 0.3) is 5.57 Å². The van der Waals surface area contributed by atoms with Crippen molar-refractivity contribution in [1.29, 1.82) is 0 Å². The van der Waals surface area contributed by atoms with Crippen LogP contribution in [-0.4, -0.2) is 4.87 Å². The van der Waals surface area contributed by atoms with Crippen molar-refractivity contribution in [2.45, 2.75) is 32.6 Å². The zero-order valence-electron chi connectivity index (χ0n) is 11.6. The SMILES string of the molecule is C=C(C)[C@@](C)(Cl)/C=C\C(=C/C)c1ccc(C)cc1. The van der Waals surface area contributed by atoms with Crippen LogP contribution < -0.4 is 0 Å². The fourth-order valence-corrected chi connectivity index (χ4v) is 1.56. The van der Waals surface area contributed by atoms with E-state index in [2.05, 4.69) is 49.9 Å². The molecule has 0 unspecified atom stereocenters. The molecule has 0 saturated heterocycles. The van der Waals surface area contributed by atoms with Gasteiger partial charge in [-0.05, 0) is 38.8 Å². The third kappa shape index (κ3) is 3.89. The number of alkyl halides is 1. The second-order valence-corrected chi connectivity index (χ2v) is 5.58. The first kappa shape index (κ1) is 14.8. The van der Waals surface area contributed by atoms with Gasteiger partial charge in [-0.25, -0.2) is 0 Å². The van der Waals surface area contributed by atoms with E-state index in [1.807, 2.05) is 26.8 Å². The minimum Gasteiger partial charge on any atom is -0.110 e. The van der Waals surface area contributed by atoms with Crippen molar-refractivity contribution in [3.63, 3.8) is 0 Å². The van der Waals surface area contributed by atoms with Gasteiger partial charge in [0.15, 0.2) is 0 Å². The molecule has 1 aromatic carbocycles. The maximum absolute atomic E-state index is 6.37. The standard InChI is InChI=1S/C17H21Cl/c1-6-15(11-12-17(5,18)13(2)3)16-9-7-14(4)8-10-16/h6-12H,2H2,1,3-5H3/b12-11-,15-6+/t17-/m0/s1. The maximum Gasteiger partial charge on any atom is 0.0805 e. The Morgan fingerprint density at radius 3 is 2.28 bits per heavy atom. The summed E-state index contributed by atoms with van der Waals surface area (Å²) in [6.45, 7) is 11.9. The highest BCUT2D eigenvalue weighted by atomic mass is 35.5. The van der Waals surface area contributed by atoms with Crippen LogP contribution in [-0.2, 0) is 0 Å². The summed E-state index contributed by atoms with van der Waals surface area (Å²) < 4.78 is 0. The van der Waals surface area contributed by atoms with E-state index >= 15 is 0 Å². The van der Waals surface area contributed by atoms with Crippen LogP contribution in [0.1, 0.15) is 31.9 Å². The summed E-state index contributed by atoms with van der Waals surface area (Å²) in [5.41, 5.74) is 4.58. The van der Waals surface area contributed by atoms with E-state index in [-0.39, 0.29) is 0 Å². The van der Waals surface area contributed by atoms with E-state index in [0.29, 0.717) is 0 Å². The molecule has 0 heterocycles. The Morgan fingerprint density at radius 1 is 1.28 bits per heavy atom. The van der Waals surface area contributed by atoms with Crippen molar-refractivity contribution in [1.82, 2.24) is 0 Å². The molecule has 0 saturated carbocycles. The molecule has 0 N–H and O–H groups in total. The van der Waals surface area contributed by atoms with Gasteiger partial charge in [-0.1, -0.05) is 60.2 Å². The Hall–Kier alpha value is -1.27. The molecule has 0 spiro atoms. The fraction of sp³-hybridized carbons (Fsp3) is 0.294. The Morgan fingerprint density at radius 2 is 1.83 bits per heavy atom. The quantitative estimate of drug-likeness (QED) is 0.379. The second kappa shape index (κ2) is 6.06. The van der Waals surface area contributed by atoms with Gasteiger partial charge < -0.3 is 0 Å². The van der Waals surface area contributed by atoms with Crippen LogP contribution in [0.15, 0.2) is 54.6 Å². The van der Waals surface area contributed by atoms with Crippen molar-refractivity contribution >= 4 is 17.2 Å². The molecular weight excluding hydrogens is 240 g/mol. The molecular formula is C17H21Cl. The van der Waals surface area contributed by atoms with Crippen molar-refractivity contribution in [2.24, 2.45) is 0 Å². The van der Waals surface area contributed by atoms with Crippen LogP contribution in [0, 0.1) is 6.92 Å². The molecule has 96 valence electrons. The Labute approximate surface area is 116 Å². The molecule has 0 nitrogen and oxygen atoms in total. The van der Waals surface area contributed by atoms with Gasteiger partial charge in [0.05, 0.1) is 4.87 Å². The van der Waals surface area contributed by atoms with Gasteiger partial charge in [0.25, 0.3) is 0 Å². The Balaban J connectivity index is 2.97. The monoisotopic (exact) mass is 260 g/mol. The van der Waals surface area contributed by atoms with Crippen molar-refractivity contribution in [3.8, 4) is 0 Å². The molecule has 0 aliphatic heterocycles. The number of benzene rings is 1. The summed E-state index contributed by atoms with van der Waals surface area (Å²) in [7, 11) is 0. The van der Waals surface area contributed by atoms with E-state index in [9.17, 15) is 0 Å². The van der Waals surface area contributed by atoms with E-state index in [1.54, 1.807) is 0 Å². The molecule has 1 atom stereocenters. The van der Waals surface area contributed by atoms with Crippen LogP contribution in [0.4, 0.5) is 0 Å². The highest BCUT2D eigenvalue weighted by Crippen LogP contribution is 2.26. The van der Waals surface area contributed by atoms with E-state index in [1.165, 1.54) is 16.7 Å². The lowest BCUT2D eigenvalue weighted by atomic mass is 9.98. The third-order valence-electron chi connectivity index (χ3n) is 3.11. The molecule has 1 rings (SSSR count). The summed E-state index contributed by atoms with van der Waals surface area (Å²) in [6.07, 6.45) is 6.14. The molecule has 18 heavy (non-hydrogen) atoms.